The molecule has 1 aromatic carbocycles. The summed E-state index contributed by atoms with van der Waals surface area (Å²) in [6, 6.07) is 3.83. The molecule has 0 bridgehead atoms. The molecule has 18 heavy (non-hydrogen) atoms. The van der Waals surface area contributed by atoms with Crippen LogP contribution in [0.25, 0.3) is 0 Å². The number of nitrogens with one attached hydrogen (secondary N) is 1. The number of hydrogen-bond donors (Lipinski definition) is 2. The summed E-state index contributed by atoms with van der Waals surface area (Å²) in [5.41, 5.74) is 7.06. The van der Waals surface area contributed by atoms with E-state index >= 15 is 0 Å². The van der Waals surface area contributed by atoms with Crippen molar-refractivity contribution < 1.29 is 18.0 Å². The van der Waals surface area contributed by atoms with Gasteiger partial charge in [-0.1, -0.05) is 6.07 Å². The summed E-state index contributed by atoms with van der Waals surface area (Å²) < 4.78 is 36.8. The molecule has 3 N–H and O–H groups in total. The lowest BCUT2D eigenvalue weighted by Gasteiger charge is -2.21. The average Bonchev–Trinajstić information content (AvgIpc) is 2.52. The molecule has 0 saturated heterocycles. The second-order valence-corrected chi connectivity index (χ2v) is 4.21. The van der Waals surface area contributed by atoms with Crippen molar-refractivity contribution in [3.05, 3.63) is 23.8 Å². The molecular formula is C11H12F3N3O. The standard InChI is InChI=1S/C11H12F3N3O/c1-17(5-11(12,13)14)6-2-3-7-8(4-6)16-10(18)9(7)15/h2-4,9H,5,15H2,1H3,(H,16,18). The molecule has 1 atom stereocenters. The monoisotopic (exact) mass is 259 g/mol. The minimum Gasteiger partial charge on any atom is -0.366 e. The first-order chi connectivity index (χ1) is 8.28. The lowest BCUT2D eigenvalue weighted by molar-refractivity contribution is -0.119. The highest BCUT2D eigenvalue weighted by molar-refractivity contribution is 6.02. The summed E-state index contributed by atoms with van der Waals surface area (Å²) >= 11 is 0. The molecule has 1 aromatic rings. The van der Waals surface area contributed by atoms with Gasteiger partial charge in [-0.05, 0) is 12.1 Å². The van der Waals surface area contributed by atoms with Crippen LogP contribution in [-0.2, 0) is 4.79 Å². The van der Waals surface area contributed by atoms with E-state index in [4.69, 9.17) is 5.73 Å². The fourth-order valence-electron chi connectivity index (χ4n) is 1.87. The molecule has 7 heteroatoms. The van der Waals surface area contributed by atoms with Crippen LogP contribution in [0, 0.1) is 0 Å². The van der Waals surface area contributed by atoms with E-state index in [0.29, 0.717) is 16.9 Å². The zero-order valence-corrected chi connectivity index (χ0v) is 9.58. The number of hydrogen-bond acceptors (Lipinski definition) is 3. The van der Waals surface area contributed by atoms with Crippen LogP contribution in [-0.4, -0.2) is 25.7 Å². The van der Waals surface area contributed by atoms with Crippen molar-refractivity contribution in [1.82, 2.24) is 0 Å². The van der Waals surface area contributed by atoms with E-state index < -0.39 is 18.8 Å². The van der Waals surface area contributed by atoms with Gasteiger partial charge in [-0.2, -0.15) is 13.2 Å². The first-order valence-corrected chi connectivity index (χ1v) is 5.26. The van der Waals surface area contributed by atoms with Crippen LogP contribution in [0.1, 0.15) is 11.6 Å². The van der Waals surface area contributed by atoms with Gasteiger partial charge in [-0.15, -0.1) is 0 Å². The zero-order chi connectivity index (χ0) is 13.5. The number of alkyl halides is 3. The van der Waals surface area contributed by atoms with Crippen molar-refractivity contribution in [2.75, 3.05) is 23.8 Å². The van der Waals surface area contributed by atoms with Crippen molar-refractivity contribution >= 4 is 17.3 Å². The normalized spacial score (nSPS) is 18.5. The van der Waals surface area contributed by atoms with E-state index in [1.165, 1.54) is 19.2 Å². The Morgan fingerprint density at radius 1 is 1.44 bits per heavy atom. The second kappa shape index (κ2) is 4.16. The number of carbonyl (C=O) groups is 1. The molecule has 1 heterocycles. The zero-order valence-electron chi connectivity index (χ0n) is 9.58. The molecule has 0 fully saturated rings. The summed E-state index contributed by atoms with van der Waals surface area (Å²) in [7, 11) is 1.34. The van der Waals surface area contributed by atoms with Crippen LogP contribution in [0.4, 0.5) is 24.5 Å². The Hall–Kier alpha value is -1.76. The van der Waals surface area contributed by atoms with Gasteiger partial charge in [0, 0.05) is 24.0 Å². The van der Waals surface area contributed by atoms with Crippen molar-refractivity contribution in [3.8, 4) is 0 Å². The van der Waals surface area contributed by atoms with Gasteiger partial charge in [0.05, 0.1) is 0 Å². The van der Waals surface area contributed by atoms with E-state index in [9.17, 15) is 18.0 Å². The highest BCUT2D eigenvalue weighted by Gasteiger charge is 2.31. The SMILES string of the molecule is CN(CC(F)(F)F)c1ccc2c(c1)NC(=O)C2N. The van der Waals surface area contributed by atoms with E-state index in [0.717, 1.165) is 4.90 Å². The predicted octanol–water partition coefficient (Wildman–Crippen LogP) is 1.64. The van der Waals surface area contributed by atoms with Gasteiger partial charge in [-0.3, -0.25) is 4.79 Å². The molecule has 0 spiro atoms. The topological polar surface area (TPSA) is 58.4 Å². The molecule has 98 valence electrons. The van der Waals surface area contributed by atoms with Crippen LogP contribution in [0.3, 0.4) is 0 Å². The number of nitrogens with two attached hydrogens (primary N) is 1. The number of amides is 1. The molecule has 1 unspecified atom stereocenters. The maximum atomic E-state index is 12.3. The van der Waals surface area contributed by atoms with Gasteiger partial charge in [0.15, 0.2) is 0 Å². The second-order valence-electron chi connectivity index (χ2n) is 4.21. The molecule has 0 radical (unpaired) electrons. The minimum atomic E-state index is -4.27. The molecule has 1 amide bonds. The Morgan fingerprint density at radius 2 is 2.11 bits per heavy atom. The fourth-order valence-corrected chi connectivity index (χ4v) is 1.87. The van der Waals surface area contributed by atoms with Crippen LogP contribution >= 0.6 is 0 Å². The molecule has 0 aromatic heterocycles. The summed E-state index contributed by atoms with van der Waals surface area (Å²) in [5.74, 6) is -0.347. The van der Waals surface area contributed by atoms with Gasteiger partial charge in [-0.25, -0.2) is 0 Å². The van der Waals surface area contributed by atoms with E-state index in [1.54, 1.807) is 6.07 Å². The Morgan fingerprint density at radius 3 is 2.72 bits per heavy atom. The summed E-state index contributed by atoms with van der Waals surface area (Å²) in [6.07, 6.45) is -4.27. The number of nitrogens with zero attached hydrogens (tertiary/aromatic N) is 1. The highest BCUT2D eigenvalue weighted by atomic mass is 19.4. The number of rotatable bonds is 2. The molecule has 0 saturated carbocycles. The Bertz CT molecular complexity index is 487. The lowest BCUT2D eigenvalue weighted by atomic mass is 10.1. The van der Waals surface area contributed by atoms with Crippen molar-refractivity contribution in [1.29, 1.82) is 0 Å². The van der Waals surface area contributed by atoms with Gasteiger partial charge < -0.3 is 16.0 Å². The maximum absolute atomic E-state index is 12.3. The van der Waals surface area contributed by atoms with Crippen LogP contribution in [0.15, 0.2) is 18.2 Å². The van der Waals surface area contributed by atoms with Crippen LogP contribution in [0.5, 0.6) is 0 Å². The van der Waals surface area contributed by atoms with Crippen molar-refractivity contribution in [2.45, 2.75) is 12.2 Å². The Labute approximate surface area is 102 Å². The minimum absolute atomic E-state index is 0.347. The third-order valence-corrected chi connectivity index (χ3v) is 2.77. The largest absolute Gasteiger partial charge is 0.405 e. The number of fused-ring (bicyclic) bond motifs is 1. The molecule has 1 aliphatic heterocycles. The summed E-state index contributed by atoms with van der Waals surface area (Å²) in [4.78, 5) is 12.4. The third kappa shape index (κ3) is 2.40. The fraction of sp³-hybridized carbons (Fsp3) is 0.364. The third-order valence-electron chi connectivity index (χ3n) is 2.77. The molecule has 2 rings (SSSR count). The van der Waals surface area contributed by atoms with Gasteiger partial charge in [0.25, 0.3) is 0 Å². The first-order valence-electron chi connectivity index (χ1n) is 5.26. The summed E-state index contributed by atoms with van der Waals surface area (Å²) in [6.45, 7) is -1.05. The van der Waals surface area contributed by atoms with Crippen molar-refractivity contribution in [2.24, 2.45) is 5.73 Å². The van der Waals surface area contributed by atoms with E-state index in [-0.39, 0.29) is 5.91 Å². The number of halogens is 3. The highest BCUT2D eigenvalue weighted by Crippen LogP contribution is 2.33. The smallest absolute Gasteiger partial charge is 0.366 e. The quantitative estimate of drug-likeness (QED) is 0.848. The van der Waals surface area contributed by atoms with Gasteiger partial charge in [0.2, 0.25) is 5.91 Å². The average molecular weight is 259 g/mol. The van der Waals surface area contributed by atoms with Crippen LogP contribution in [0.2, 0.25) is 0 Å². The van der Waals surface area contributed by atoms with Crippen molar-refractivity contribution in [3.63, 3.8) is 0 Å². The van der Waals surface area contributed by atoms with E-state index in [1.807, 2.05) is 0 Å². The van der Waals surface area contributed by atoms with Gasteiger partial charge in [0.1, 0.15) is 12.6 Å². The lowest BCUT2D eigenvalue weighted by Crippen LogP contribution is -2.30. The maximum Gasteiger partial charge on any atom is 0.405 e. The Kier molecular flexibility index (Phi) is 2.94. The molecule has 0 aliphatic carbocycles. The predicted molar refractivity (Wildman–Crippen MR) is 61.3 cm³/mol. The Balaban J connectivity index is 2.23. The first kappa shape index (κ1) is 12.7. The van der Waals surface area contributed by atoms with Gasteiger partial charge >= 0.3 is 6.18 Å². The number of benzene rings is 1. The molecule has 1 aliphatic rings. The summed E-state index contributed by atoms with van der Waals surface area (Å²) in [5, 5.41) is 2.53. The number of carbonyl (C=O) groups excluding carboxylic acids is 1. The van der Waals surface area contributed by atoms with Crippen LogP contribution < -0.4 is 16.0 Å². The molecule has 4 nitrogen and oxygen atoms in total. The number of anilines is 2. The molecular weight excluding hydrogens is 247 g/mol. The van der Waals surface area contributed by atoms with E-state index in [2.05, 4.69) is 5.32 Å².